The SMILES string of the molecule is Cc1cccc2ccc(C3CNCCN3C)nc12. The third kappa shape index (κ3) is 2.00. The van der Waals surface area contributed by atoms with Crippen molar-refractivity contribution in [2.24, 2.45) is 0 Å². The lowest BCUT2D eigenvalue weighted by atomic mass is 10.1. The lowest BCUT2D eigenvalue weighted by Gasteiger charge is -2.32. The Labute approximate surface area is 108 Å². The molecule has 0 amide bonds. The highest BCUT2D eigenvalue weighted by atomic mass is 15.2. The second-order valence-corrected chi connectivity index (χ2v) is 5.08. The van der Waals surface area contributed by atoms with Crippen molar-refractivity contribution in [2.75, 3.05) is 26.7 Å². The van der Waals surface area contributed by atoms with Gasteiger partial charge in [-0.3, -0.25) is 9.88 Å². The molecule has 1 unspecified atom stereocenters. The Morgan fingerprint density at radius 2 is 2.17 bits per heavy atom. The van der Waals surface area contributed by atoms with E-state index >= 15 is 0 Å². The number of piperazine rings is 1. The van der Waals surface area contributed by atoms with Crippen molar-refractivity contribution < 1.29 is 0 Å². The summed E-state index contributed by atoms with van der Waals surface area (Å²) in [5, 5.41) is 4.67. The zero-order valence-electron chi connectivity index (χ0n) is 11.0. The number of aryl methyl sites for hydroxylation is 1. The van der Waals surface area contributed by atoms with E-state index in [4.69, 9.17) is 4.98 Å². The van der Waals surface area contributed by atoms with Gasteiger partial charge in [0.15, 0.2) is 0 Å². The van der Waals surface area contributed by atoms with Crippen molar-refractivity contribution in [1.29, 1.82) is 0 Å². The number of aromatic nitrogens is 1. The number of rotatable bonds is 1. The molecule has 1 fully saturated rings. The molecule has 94 valence electrons. The first-order chi connectivity index (χ1) is 8.75. The summed E-state index contributed by atoms with van der Waals surface area (Å²) in [6, 6.07) is 11.1. The molecule has 18 heavy (non-hydrogen) atoms. The standard InChI is InChI=1S/C15H19N3/c1-11-4-3-5-12-6-7-13(17-15(11)12)14-10-16-8-9-18(14)2/h3-7,14,16H,8-10H2,1-2H3. The van der Waals surface area contributed by atoms with E-state index in [1.54, 1.807) is 0 Å². The summed E-state index contributed by atoms with van der Waals surface area (Å²) in [6.45, 7) is 5.26. The first-order valence-electron chi connectivity index (χ1n) is 6.53. The maximum atomic E-state index is 4.87. The summed E-state index contributed by atoms with van der Waals surface area (Å²) in [6.07, 6.45) is 0. The van der Waals surface area contributed by atoms with Gasteiger partial charge >= 0.3 is 0 Å². The molecule has 2 heterocycles. The number of hydrogen-bond donors (Lipinski definition) is 1. The zero-order valence-corrected chi connectivity index (χ0v) is 11.0. The highest BCUT2D eigenvalue weighted by Crippen LogP contribution is 2.23. The van der Waals surface area contributed by atoms with Gasteiger partial charge < -0.3 is 5.32 Å². The fourth-order valence-corrected chi connectivity index (χ4v) is 2.63. The van der Waals surface area contributed by atoms with Crippen LogP contribution in [0.25, 0.3) is 10.9 Å². The van der Waals surface area contributed by atoms with E-state index < -0.39 is 0 Å². The molecule has 1 aliphatic heterocycles. The number of nitrogens with zero attached hydrogens (tertiary/aromatic N) is 2. The Morgan fingerprint density at radius 3 is 3.00 bits per heavy atom. The topological polar surface area (TPSA) is 28.2 Å². The first-order valence-corrected chi connectivity index (χ1v) is 6.53. The van der Waals surface area contributed by atoms with Crippen LogP contribution in [0.4, 0.5) is 0 Å². The largest absolute Gasteiger partial charge is 0.313 e. The van der Waals surface area contributed by atoms with Gasteiger partial charge in [-0.05, 0) is 25.6 Å². The van der Waals surface area contributed by atoms with Crippen LogP contribution in [0.15, 0.2) is 30.3 Å². The van der Waals surface area contributed by atoms with E-state index in [-0.39, 0.29) is 0 Å². The van der Waals surface area contributed by atoms with Crippen LogP contribution in [-0.2, 0) is 0 Å². The van der Waals surface area contributed by atoms with Crippen LogP contribution in [0, 0.1) is 6.92 Å². The Bertz CT molecular complexity index is 565. The third-order valence-electron chi connectivity index (χ3n) is 3.80. The van der Waals surface area contributed by atoms with Crippen LogP contribution < -0.4 is 5.32 Å². The number of likely N-dealkylation sites (N-methyl/N-ethyl adjacent to an activating group) is 1. The van der Waals surface area contributed by atoms with E-state index in [0.29, 0.717) is 6.04 Å². The van der Waals surface area contributed by atoms with Crippen LogP contribution in [0.1, 0.15) is 17.3 Å². The maximum absolute atomic E-state index is 4.87. The molecule has 0 radical (unpaired) electrons. The summed E-state index contributed by atoms with van der Waals surface area (Å²) in [5.74, 6) is 0. The Kier molecular flexibility index (Phi) is 3.02. The van der Waals surface area contributed by atoms with E-state index in [2.05, 4.69) is 54.5 Å². The molecule has 1 aromatic heterocycles. The summed E-state index contributed by atoms with van der Waals surface area (Å²) in [4.78, 5) is 7.25. The highest BCUT2D eigenvalue weighted by molar-refractivity contribution is 5.81. The number of nitrogens with one attached hydrogen (secondary N) is 1. The van der Waals surface area contributed by atoms with Gasteiger partial charge in [0.1, 0.15) is 0 Å². The van der Waals surface area contributed by atoms with E-state index in [0.717, 1.165) is 25.2 Å². The van der Waals surface area contributed by atoms with Gasteiger partial charge in [-0.2, -0.15) is 0 Å². The number of hydrogen-bond acceptors (Lipinski definition) is 3. The summed E-state index contributed by atoms with van der Waals surface area (Å²) >= 11 is 0. The summed E-state index contributed by atoms with van der Waals surface area (Å²) in [7, 11) is 2.18. The smallest absolute Gasteiger partial charge is 0.0735 e. The molecule has 1 saturated heterocycles. The monoisotopic (exact) mass is 241 g/mol. The van der Waals surface area contributed by atoms with Crippen molar-refractivity contribution >= 4 is 10.9 Å². The third-order valence-corrected chi connectivity index (χ3v) is 3.80. The predicted molar refractivity (Wildman–Crippen MR) is 74.7 cm³/mol. The summed E-state index contributed by atoms with van der Waals surface area (Å²) in [5.41, 5.74) is 3.56. The van der Waals surface area contributed by atoms with Gasteiger partial charge in [0, 0.05) is 25.0 Å². The molecular weight excluding hydrogens is 222 g/mol. The zero-order chi connectivity index (χ0) is 12.5. The van der Waals surface area contributed by atoms with E-state index in [9.17, 15) is 0 Å². The van der Waals surface area contributed by atoms with Crippen molar-refractivity contribution in [2.45, 2.75) is 13.0 Å². The van der Waals surface area contributed by atoms with Gasteiger partial charge in [-0.25, -0.2) is 0 Å². The Hall–Kier alpha value is -1.45. The van der Waals surface area contributed by atoms with Crippen LogP contribution in [-0.4, -0.2) is 36.6 Å². The molecule has 1 aromatic carbocycles. The summed E-state index contributed by atoms with van der Waals surface area (Å²) < 4.78 is 0. The average Bonchev–Trinajstić information content (AvgIpc) is 2.40. The van der Waals surface area contributed by atoms with Crippen LogP contribution in [0.2, 0.25) is 0 Å². The van der Waals surface area contributed by atoms with E-state index in [1.165, 1.54) is 16.6 Å². The van der Waals surface area contributed by atoms with Crippen molar-refractivity contribution in [1.82, 2.24) is 15.2 Å². The molecule has 0 spiro atoms. The molecule has 1 N–H and O–H groups in total. The molecule has 2 aromatic rings. The maximum Gasteiger partial charge on any atom is 0.0735 e. The Morgan fingerprint density at radius 1 is 1.28 bits per heavy atom. The number of benzene rings is 1. The lowest BCUT2D eigenvalue weighted by molar-refractivity contribution is 0.199. The minimum atomic E-state index is 0.391. The molecule has 1 aliphatic rings. The molecule has 3 heteroatoms. The second kappa shape index (κ2) is 4.67. The molecule has 1 atom stereocenters. The normalized spacial score (nSPS) is 21.3. The van der Waals surface area contributed by atoms with Crippen LogP contribution in [0.5, 0.6) is 0 Å². The van der Waals surface area contributed by atoms with Gasteiger partial charge in [-0.1, -0.05) is 24.3 Å². The van der Waals surface area contributed by atoms with Crippen LogP contribution in [0.3, 0.4) is 0 Å². The molecule has 0 saturated carbocycles. The molecule has 3 rings (SSSR count). The van der Waals surface area contributed by atoms with Crippen molar-refractivity contribution in [3.8, 4) is 0 Å². The number of pyridine rings is 1. The van der Waals surface area contributed by atoms with E-state index in [1.807, 2.05) is 0 Å². The van der Waals surface area contributed by atoms with Crippen molar-refractivity contribution in [3.63, 3.8) is 0 Å². The quantitative estimate of drug-likeness (QED) is 0.829. The van der Waals surface area contributed by atoms with Gasteiger partial charge in [0.05, 0.1) is 17.3 Å². The second-order valence-electron chi connectivity index (χ2n) is 5.08. The minimum absolute atomic E-state index is 0.391. The van der Waals surface area contributed by atoms with Crippen molar-refractivity contribution in [3.05, 3.63) is 41.6 Å². The van der Waals surface area contributed by atoms with Crippen LogP contribution >= 0.6 is 0 Å². The molecule has 3 nitrogen and oxygen atoms in total. The fourth-order valence-electron chi connectivity index (χ4n) is 2.63. The Balaban J connectivity index is 2.04. The predicted octanol–water partition coefficient (Wildman–Crippen LogP) is 2.12. The van der Waals surface area contributed by atoms with Gasteiger partial charge in [0.2, 0.25) is 0 Å². The highest BCUT2D eigenvalue weighted by Gasteiger charge is 2.21. The number of fused-ring (bicyclic) bond motifs is 1. The minimum Gasteiger partial charge on any atom is -0.313 e. The fraction of sp³-hybridized carbons (Fsp3) is 0.400. The van der Waals surface area contributed by atoms with Gasteiger partial charge in [0.25, 0.3) is 0 Å². The lowest BCUT2D eigenvalue weighted by Crippen LogP contribution is -2.44. The number of para-hydroxylation sites is 1. The first kappa shape index (κ1) is 11.6. The average molecular weight is 241 g/mol. The molecule has 0 bridgehead atoms. The van der Waals surface area contributed by atoms with Gasteiger partial charge in [-0.15, -0.1) is 0 Å². The molecular formula is C15H19N3. The molecule has 0 aliphatic carbocycles.